The number of carbonyl (C=O) groups is 2. The molecule has 12 heteroatoms. The van der Waals surface area contributed by atoms with Crippen LogP contribution in [0.5, 0.6) is 0 Å². The lowest BCUT2D eigenvalue weighted by Gasteiger charge is -2.52. The summed E-state index contributed by atoms with van der Waals surface area (Å²) in [6, 6.07) is 1.99. The number of halogens is 2. The van der Waals surface area contributed by atoms with Crippen molar-refractivity contribution in [1.82, 2.24) is 34.7 Å². The summed E-state index contributed by atoms with van der Waals surface area (Å²) in [5.74, 6) is 1.69. The number of benzene rings is 1. The number of hydrogen-bond acceptors (Lipinski definition) is 6. The molecule has 4 fully saturated rings. The maximum absolute atomic E-state index is 12.3. The van der Waals surface area contributed by atoms with Crippen molar-refractivity contribution in [2.24, 2.45) is 11.3 Å². The number of amides is 2. The normalized spacial score (nSPS) is 23.1. The molecule has 1 spiro atoms. The van der Waals surface area contributed by atoms with E-state index in [0.29, 0.717) is 34.5 Å². The quantitative estimate of drug-likeness (QED) is 0.324. The molecule has 4 saturated heterocycles. The van der Waals surface area contributed by atoms with Crippen molar-refractivity contribution in [3.63, 3.8) is 0 Å². The van der Waals surface area contributed by atoms with Crippen LogP contribution in [0.15, 0.2) is 24.9 Å². The van der Waals surface area contributed by atoms with Crippen LogP contribution < -0.4 is 4.90 Å². The fraction of sp³-hybridized carbons (Fsp3) is 0.600. The van der Waals surface area contributed by atoms with E-state index in [4.69, 9.17) is 28.3 Å². The van der Waals surface area contributed by atoms with Crippen LogP contribution in [0.4, 0.5) is 5.82 Å². The van der Waals surface area contributed by atoms with Crippen molar-refractivity contribution >= 4 is 51.7 Å². The maximum Gasteiger partial charge on any atom is 0.245 e. The Labute approximate surface area is 287 Å². The van der Waals surface area contributed by atoms with Crippen LogP contribution in [0.2, 0.25) is 10.0 Å². The monoisotopic (exact) mass is 680 g/mol. The molecule has 1 aromatic carbocycles. The Hall–Kier alpha value is -3.08. The molecule has 4 aliphatic heterocycles. The molecule has 0 saturated carbocycles. The van der Waals surface area contributed by atoms with E-state index in [0.717, 1.165) is 105 Å². The predicted molar refractivity (Wildman–Crippen MR) is 187 cm³/mol. The van der Waals surface area contributed by atoms with Gasteiger partial charge in [-0.3, -0.25) is 19.4 Å². The highest BCUT2D eigenvalue weighted by molar-refractivity contribution is 6.45. The third-order valence-corrected chi connectivity index (χ3v) is 12.2. The molecule has 0 radical (unpaired) electrons. The van der Waals surface area contributed by atoms with Gasteiger partial charge in [0.15, 0.2) is 5.82 Å². The van der Waals surface area contributed by atoms with Gasteiger partial charge in [0, 0.05) is 92.4 Å². The van der Waals surface area contributed by atoms with Gasteiger partial charge in [0.1, 0.15) is 0 Å². The number of anilines is 1. The topological polar surface area (TPSA) is 93.6 Å². The largest absolute Gasteiger partial charge is 0.349 e. The van der Waals surface area contributed by atoms with Crippen LogP contribution in [-0.2, 0) is 9.59 Å². The zero-order chi connectivity index (χ0) is 33.2. The number of likely N-dealkylation sites (tertiary alicyclic amines) is 3. The number of fused-ring (bicyclic) bond motifs is 1. The summed E-state index contributed by atoms with van der Waals surface area (Å²) in [6.45, 7) is 19.5. The van der Waals surface area contributed by atoms with Crippen molar-refractivity contribution in [3.8, 4) is 11.1 Å². The van der Waals surface area contributed by atoms with Crippen LogP contribution in [-0.4, -0.2) is 104 Å². The average Bonchev–Trinajstić information content (AvgIpc) is 3.75. The Kier molecular flexibility index (Phi) is 8.36. The minimum absolute atomic E-state index is 0.0191. The van der Waals surface area contributed by atoms with Gasteiger partial charge in [0.25, 0.3) is 0 Å². The van der Waals surface area contributed by atoms with Crippen molar-refractivity contribution in [2.45, 2.75) is 71.4 Å². The summed E-state index contributed by atoms with van der Waals surface area (Å²) < 4.78 is 2.18. The molecule has 1 N–H and O–H groups in total. The lowest BCUT2D eigenvalue weighted by Crippen LogP contribution is -2.60. The van der Waals surface area contributed by atoms with Crippen LogP contribution in [0.3, 0.4) is 0 Å². The number of carbonyl (C=O) groups excluding carboxylic acids is 2. The molecule has 252 valence electrons. The summed E-state index contributed by atoms with van der Waals surface area (Å²) in [5, 5.41) is 14.7. The van der Waals surface area contributed by atoms with Gasteiger partial charge in [0.05, 0.1) is 27.8 Å². The van der Waals surface area contributed by atoms with E-state index in [1.54, 1.807) is 6.92 Å². The Bertz CT molecular complexity index is 1720. The number of nitrogens with zero attached hydrogens (tertiary/aromatic N) is 7. The summed E-state index contributed by atoms with van der Waals surface area (Å²) >= 11 is 13.8. The highest BCUT2D eigenvalue weighted by Gasteiger charge is 2.49. The zero-order valence-electron chi connectivity index (χ0n) is 28.0. The number of aromatic nitrogens is 4. The molecule has 4 aliphatic rings. The van der Waals surface area contributed by atoms with Gasteiger partial charge in [-0.05, 0) is 70.9 Å². The van der Waals surface area contributed by atoms with E-state index in [1.807, 2.05) is 22.1 Å². The predicted octanol–water partition coefficient (Wildman–Crippen LogP) is 5.94. The highest BCUT2D eigenvalue weighted by Crippen LogP contribution is 2.49. The lowest BCUT2D eigenvalue weighted by atomic mass is 9.76. The van der Waals surface area contributed by atoms with Crippen LogP contribution in [0.25, 0.3) is 22.0 Å². The van der Waals surface area contributed by atoms with E-state index in [9.17, 15) is 9.59 Å². The molecule has 0 unspecified atom stereocenters. The van der Waals surface area contributed by atoms with E-state index < -0.39 is 0 Å². The molecule has 10 nitrogen and oxygen atoms in total. The molecule has 2 amide bonds. The first-order valence-electron chi connectivity index (χ1n) is 17.0. The molecule has 7 rings (SSSR count). The van der Waals surface area contributed by atoms with Crippen LogP contribution in [0, 0.1) is 18.3 Å². The second kappa shape index (κ2) is 12.1. The Morgan fingerprint density at radius 1 is 1.06 bits per heavy atom. The van der Waals surface area contributed by atoms with Crippen molar-refractivity contribution in [2.75, 3.05) is 57.3 Å². The first-order chi connectivity index (χ1) is 22.4. The van der Waals surface area contributed by atoms with E-state index in [-0.39, 0.29) is 23.4 Å². The molecule has 47 heavy (non-hydrogen) atoms. The Morgan fingerprint density at radius 3 is 2.47 bits per heavy atom. The Morgan fingerprint density at radius 2 is 1.81 bits per heavy atom. The van der Waals surface area contributed by atoms with E-state index in [1.165, 1.54) is 6.08 Å². The van der Waals surface area contributed by atoms with Gasteiger partial charge >= 0.3 is 0 Å². The molecular weight excluding hydrogens is 635 g/mol. The lowest BCUT2D eigenvalue weighted by molar-refractivity contribution is -0.129. The third-order valence-electron chi connectivity index (χ3n) is 11.4. The van der Waals surface area contributed by atoms with Gasteiger partial charge in [-0.2, -0.15) is 10.2 Å². The molecule has 0 aliphatic carbocycles. The minimum atomic E-state index is -0.148. The highest BCUT2D eigenvalue weighted by atomic mass is 35.5. The first-order valence-corrected chi connectivity index (χ1v) is 17.7. The summed E-state index contributed by atoms with van der Waals surface area (Å²) in [4.78, 5) is 33.2. The molecule has 6 heterocycles. The van der Waals surface area contributed by atoms with Gasteiger partial charge in [0.2, 0.25) is 11.8 Å². The number of aromatic amines is 1. The minimum Gasteiger partial charge on any atom is -0.349 e. The number of H-pyrrole nitrogens is 1. The van der Waals surface area contributed by atoms with E-state index in [2.05, 4.69) is 52.0 Å². The zero-order valence-corrected chi connectivity index (χ0v) is 29.5. The second-order valence-corrected chi connectivity index (χ2v) is 15.8. The Balaban J connectivity index is 1.17. The third kappa shape index (κ3) is 5.74. The van der Waals surface area contributed by atoms with Crippen molar-refractivity contribution in [1.29, 1.82) is 0 Å². The summed E-state index contributed by atoms with van der Waals surface area (Å²) in [7, 11) is 0. The van der Waals surface area contributed by atoms with Gasteiger partial charge in [-0.15, -0.1) is 0 Å². The summed E-state index contributed by atoms with van der Waals surface area (Å²) in [6.07, 6.45) is 8.10. The fourth-order valence-electron chi connectivity index (χ4n) is 9.02. The van der Waals surface area contributed by atoms with Gasteiger partial charge in [-0.1, -0.05) is 29.8 Å². The maximum atomic E-state index is 12.3. The molecular formula is C35H46Cl2N8O2. The van der Waals surface area contributed by atoms with Gasteiger partial charge < -0.3 is 19.6 Å². The van der Waals surface area contributed by atoms with Crippen LogP contribution >= 0.6 is 23.2 Å². The van der Waals surface area contributed by atoms with Crippen molar-refractivity contribution in [3.05, 3.63) is 40.7 Å². The molecule has 1 atom stereocenters. The fourth-order valence-corrected chi connectivity index (χ4v) is 9.47. The second-order valence-electron chi connectivity index (χ2n) is 15.1. The van der Waals surface area contributed by atoms with Crippen LogP contribution in [0.1, 0.15) is 64.6 Å². The molecule has 3 aromatic rings. The molecule has 0 bridgehead atoms. The summed E-state index contributed by atoms with van der Waals surface area (Å²) in [5.41, 5.74) is 3.89. The SMILES string of the molecule is C=CC(=O)N1CCC(n2nc(N3CC[C@@H](CN4CC5(CCN(C(C)=O)C5)C4)CC3(C)C)c(-c3c(Cl)c(Cl)cc4[nH]ncc34)c2C)CC1. The molecule has 2 aromatic heterocycles. The standard InChI is InChI=1S/C35H46Cl2N8O2/c1-6-29(47)42-11-8-25(9-12-42)45-22(2)30(31-26-17-38-39-28(26)15-27(36)32(31)37)33(40-45)44-13-7-24(16-34(44,4)5)18-41-19-35(20-41)10-14-43(21-35)23(3)46/h6,15,17,24-25H,1,7-14,16,18-21H2,2-5H3,(H,38,39)/t24-/m1/s1. The first kappa shape index (κ1) is 32.5. The number of hydrogen-bond donors (Lipinski definition) is 1. The number of nitrogens with one attached hydrogen (secondary N) is 1. The number of piperidine rings is 2. The average molecular weight is 682 g/mol. The van der Waals surface area contributed by atoms with Gasteiger partial charge in [-0.25, -0.2) is 0 Å². The van der Waals surface area contributed by atoms with Crippen molar-refractivity contribution < 1.29 is 9.59 Å². The smallest absolute Gasteiger partial charge is 0.245 e. The van der Waals surface area contributed by atoms with E-state index >= 15 is 0 Å². The number of rotatable bonds is 6.